The molecule has 0 aliphatic heterocycles. The van der Waals surface area contributed by atoms with E-state index in [0.717, 1.165) is 22.5 Å². The standard InChI is InChI=1S/C16H12N2O3S/c1-10-4-2-3-5-11(10)6-7-12-8-14(19)18-9-13(15(20)21)22-16(18)17-12/h2-9H,1H3,(H,20,21). The maximum Gasteiger partial charge on any atom is 0.347 e. The second-order valence-electron chi connectivity index (χ2n) is 4.76. The summed E-state index contributed by atoms with van der Waals surface area (Å²) >= 11 is 0.977. The third-order valence-corrected chi connectivity index (χ3v) is 4.19. The van der Waals surface area contributed by atoms with Crippen molar-refractivity contribution in [3.05, 3.63) is 68.6 Å². The van der Waals surface area contributed by atoms with Gasteiger partial charge in [-0.05, 0) is 24.1 Å². The third kappa shape index (κ3) is 2.68. The second kappa shape index (κ2) is 5.57. The molecule has 0 radical (unpaired) electrons. The fourth-order valence-corrected chi connectivity index (χ4v) is 2.89. The van der Waals surface area contributed by atoms with Gasteiger partial charge >= 0.3 is 5.97 Å². The molecule has 3 rings (SSSR count). The largest absolute Gasteiger partial charge is 0.477 e. The van der Waals surface area contributed by atoms with Crippen LogP contribution < -0.4 is 5.56 Å². The zero-order valence-electron chi connectivity index (χ0n) is 11.7. The van der Waals surface area contributed by atoms with Crippen molar-refractivity contribution < 1.29 is 9.90 Å². The lowest BCUT2D eigenvalue weighted by molar-refractivity contribution is 0.0702. The van der Waals surface area contributed by atoms with E-state index < -0.39 is 5.97 Å². The summed E-state index contributed by atoms with van der Waals surface area (Å²) in [6, 6.07) is 9.27. The summed E-state index contributed by atoms with van der Waals surface area (Å²) < 4.78 is 1.25. The van der Waals surface area contributed by atoms with E-state index in [0.29, 0.717) is 10.7 Å². The minimum absolute atomic E-state index is 0.0876. The average Bonchev–Trinajstić information content (AvgIpc) is 2.91. The van der Waals surface area contributed by atoms with Crippen LogP contribution in [0.3, 0.4) is 0 Å². The van der Waals surface area contributed by atoms with Gasteiger partial charge in [0, 0.05) is 12.3 Å². The fourth-order valence-electron chi connectivity index (χ4n) is 2.05. The predicted molar refractivity (Wildman–Crippen MR) is 86.4 cm³/mol. The highest BCUT2D eigenvalue weighted by Crippen LogP contribution is 2.16. The Hall–Kier alpha value is -2.73. The van der Waals surface area contributed by atoms with Crippen LogP contribution in [0.15, 0.2) is 41.3 Å². The van der Waals surface area contributed by atoms with Crippen LogP contribution in [0, 0.1) is 6.92 Å². The topological polar surface area (TPSA) is 71.7 Å². The molecule has 6 heteroatoms. The molecule has 0 fully saturated rings. The van der Waals surface area contributed by atoms with Gasteiger partial charge in [0.05, 0.1) is 5.69 Å². The van der Waals surface area contributed by atoms with Gasteiger partial charge in [-0.1, -0.05) is 41.7 Å². The Morgan fingerprint density at radius 3 is 2.82 bits per heavy atom. The summed E-state index contributed by atoms with van der Waals surface area (Å²) in [6.07, 6.45) is 4.94. The van der Waals surface area contributed by atoms with E-state index in [1.807, 2.05) is 37.3 Å². The maximum absolute atomic E-state index is 12.0. The Balaban J connectivity index is 2.03. The number of aromatic nitrogens is 2. The van der Waals surface area contributed by atoms with Gasteiger partial charge in [0.2, 0.25) is 0 Å². The monoisotopic (exact) mass is 312 g/mol. The van der Waals surface area contributed by atoms with Gasteiger partial charge in [-0.25, -0.2) is 9.78 Å². The molecule has 1 N–H and O–H groups in total. The summed E-state index contributed by atoms with van der Waals surface area (Å²) in [6.45, 7) is 2.00. The Morgan fingerprint density at radius 2 is 2.09 bits per heavy atom. The number of benzene rings is 1. The first-order valence-corrected chi connectivity index (χ1v) is 7.36. The van der Waals surface area contributed by atoms with Gasteiger partial charge < -0.3 is 5.11 Å². The summed E-state index contributed by atoms with van der Waals surface area (Å²) in [5, 5.41) is 8.98. The highest BCUT2D eigenvalue weighted by Gasteiger charge is 2.11. The third-order valence-electron chi connectivity index (χ3n) is 3.22. The normalized spacial score (nSPS) is 11.3. The maximum atomic E-state index is 12.0. The molecule has 0 aliphatic rings. The molecule has 0 amide bonds. The van der Waals surface area contributed by atoms with E-state index in [4.69, 9.17) is 5.11 Å². The lowest BCUT2D eigenvalue weighted by Gasteiger charge is -1.98. The average molecular weight is 312 g/mol. The van der Waals surface area contributed by atoms with Crippen molar-refractivity contribution in [1.82, 2.24) is 9.38 Å². The quantitative estimate of drug-likeness (QED) is 0.807. The summed E-state index contributed by atoms with van der Waals surface area (Å²) in [7, 11) is 0. The van der Waals surface area contributed by atoms with Crippen molar-refractivity contribution in [1.29, 1.82) is 0 Å². The molecule has 1 aromatic carbocycles. The number of hydrogen-bond acceptors (Lipinski definition) is 4. The van der Waals surface area contributed by atoms with Crippen LogP contribution >= 0.6 is 11.3 Å². The number of thiazole rings is 1. The number of carboxylic acid groups (broad SMARTS) is 1. The molecular formula is C16H12N2O3S. The van der Waals surface area contributed by atoms with E-state index in [1.54, 1.807) is 6.08 Å². The Bertz CT molecular complexity index is 953. The van der Waals surface area contributed by atoms with Crippen molar-refractivity contribution in [3.63, 3.8) is 0 Å². The molecule has 2 heterocycles. The van der Waals surface area contributed by atoms with Crippen LogP contribution in [0.5, 0.6) is 0 Å². The molecule has 0 saturated carbocycles. The zero-order valence-corrected chi connectivity index (χ0v) is 12.5. The van der Waals surface area contributed by atoms with Gasteiger partial charge in [0.15, 0.2) is 4.96 Å². The first-order valence-electron chi connectivity index (χ1n) is 6.55. The van der Waals surface area contributed by atoms with Crippen molar-refractivity contribution in [3.8, 4) is 0 Å². The summed E-state index contributed by atoms with van der Waals surface area (Å²) in [5.41, 5.74) is 2.38. The minimum atomic E-state index is -1.06. The van der Waals surface area contributed by atoms with Crippen molar-refractivity contribution >= 4 is 34.4 Å². The number of carboxylic acids is 1. The smallest absolute Gasteiger partial charge is 0.347 e. The second-order valence-corrected chi connectivity index (χ2v) is 5.77. The number of carbonyl (C=O) groups is 1. The van der Waals surface area contributed by atoms with E-state index in [2.05, 4.69) is 4.98 Å². The lowest BCUT2D eigenvalue weighted by atomic mass is 10.1. The van der Waals surface area contributed by atoms with E-state index in [9.17, 15) is 9.59 Å². The molecule has 110 valence electrons. The Morgan fingerprint density at radius 1 is 1.32 bits per heavy atom. The van der Waals surface area contributed by atoms with Crippen LogP contribution in [0.2, 0.25) is 0 Å². The molecule has 2 aromatic heterocycles. The number of aryl methyl sites for hydroxylation is 1. The van der Waals surface area contributed by atoms with E-state index in [1.165, 1.54) is 16.7 Å². The van der Waals surface area contributed by atoms with Gasteiger partial charge in [-0.2, -0.15) is 0 Å². The minimum Gasteiger partial charge on any atom is -0.477 e. The summed E-state index contributed by atoms with van der Waals surface area (Å²) in [4.78, 5) is 27.8. The molecule has 0 aliphatic carbocycles. The first kappa shape index (κ1) is 14.2. The first-order chi connectivity index (χ1) is 10.5. The van der Waals surface area contributed by atoms with Gasteiger partial charge in [0.25, 0.3) is 5.56 Å². The van der Waals surface area contributed by atoms with Crippen LogP contribution in [0.25, 0.3) is 17.1 Å². The van der Waals surface area contributed by atoms with Crippen LogP contribution in [0.4, 0.5) is 0 Å². The fraction of sp³-hybridized carbons (Fsp3) is 0.0625. The number of rotatable bonds is 3. The van der Waals surface area contributed by atoms with Crippen molar-refractivity contribution in [2.45, 2.75) is 6.92 Å². The van der Waals surface area contributed by atoms with Crippen molar-refractivity contribution in [2.75, 3.05) is 0 Å². The van der Waals surface area contributed by atoms with Gasteiger partial charge in [-0.15, -0.1) is 0 Å². The SMILES string of the molecule is Cc1ccccc1C=Cc1cc(=O)n2cc(C(=O)O)sc2n1. The van der Waals surface area contributed by atoms with Crippen LogP contribution in [-0.2, 0) is 0 Å². The van der Waals surface area contributed by atoms with Gasteiger partial charge in [0.1, 0.15) is 4.88 Å². The molecule has 3 aromatic rings. The van der Waals surface area contributed by atoms with E-state index in [-0.39, 0.29) is 10.4 Å². The predicted octanol–water partition coefficient (Wildman–Crippen LogP) is 2.93. The lowest BCUT2D eigenvalue weighted by Crippen LogP contribution is -2.11. The molecule has 0 bridgehead atoms. The molecule has 22 heavy (non-hydrogen) atoms. The molecule has 5 nitrogen and oxygen atoms in total. The zero-order chi connectivity index (χ0) is 15.7. The molecule has 0 spiro atoms. The van der Waals surface area contributed by atoms with Gasteiger partial charge in [-0.3, -0.25) is 9.20 Å². The molecular weight excluding hydrogens is 300 g/mol. The Kier molecular flexibility index (Phi) is 3.60. The molecule has 0 saturated heterocycles. The van der Waals surface area contributed by atoms with Crippen LogP contribution in [-0.4, -0.2) is 20.5 Å². The van der Waals surface area contributed by atoms with Crippen LogP contribution in [0.1, 0.15) is 26.5 Å². The number of aromatic carboxylic acids is 1. The van der Waals surface area contributed by atoms with E-state index >= 15 is 0 Å². The molecule has 0 atom stereocenters. The number of hydrogen-bond donors (Lipinski definition) is 1. The molecule has 0 unspecified atom stereocenters. The summed E-state index contributed by atoms with van der Waals surface area (Å²) in [5.74, 6) is -1.06. The number of fused-ring (bicyclic) bond motifs is 1. The highest BCUT2D eigenvalue weighted by atomic mass is 32.1. The van der Waals surface area contributed by atoms with Crippen molar-refractivity contribution in [2.24, 2.45) is 0 Å². The Labute approximate surface area is 129 Å². The highest BCUT2D eigenvalue weighted by molar-refractivity contribution is 7.18. The number of nitrogens with zero attached hydrogens (tertiary/aromatic N) is 2.